The minimum absolute atomic E-state index is 0.0930. The van der Waals surface area contributed by atoms with Gasteiger partial charge in [0.25, 0.3) is 0 Å². The lowest BCUT2D eigenvalue weighted by Gasteiger charge is -2.44. The molecule has 1 fully saturated rings. The number of carbonyl (C=O) groups is 1. The van der Waals surface area contributed by atoms with E-state index >= 15 is 0 Å². The predicted molar refractivity (Wildman–Crippen MR) is 65.5 cm³/mol. The number of carboxylic acids is 1. The van der Waals surface area contributed by atoms with Crippen LogP contribution < -0.4 is 0 Å². The maximum atomic E-state index is 11.3. The Balaban J connectivity index is 2.79. The van der Waals surface area contributed by atoms with Crippen molar-refractivity contribution in [1.82, 2.24) is 4.90 Å². The minimum atomic E-state index is -0.622. The second-order valence-corrected chi connectivity index (χ2v) is 5.57. The van der Waals surface area contributed by atoms with E-state index in [2.05, 4.69) is 32.7 Å². The highest BCUT2D eigenvalue weighted by atomic mass is 16.4. The summed E-state index contributed by atoms with van der Waals surface area (Å²) in [5.74, 6) is -0.798. The number of hydrogen-bond donors (Lipinski definition) is 1. The normalized spacial score (nSPS) is 27.1. The van der Waals surface area contributed by atoms with E-state index in [9.17, 15) is 9.90 Å². The van der Waals surface area contributed by atoms with E-state index in [0.29, 0.717) is 0 Å². The standard InChI is InChI=1S/C13H25NO2/c1-5-13(2,3)14(4)11-9-7-6-8-10(11)12(15)16/h10-11H,5-9H2,1-4H3,(H,15,16). The van der Waals surface area contributed by atoms with Crippen LogP contribution in [0.15, 0.2) is 0 Å². The maximum Gasteiger partial charge on any atom is 0.308 e. The summed E-state index contributed by atoms with van der Waals surface area (Å²) in [6.07, 6.45) is 5.14. The van der Waals surface area contributed by atoms with Gasteiger partial charge >= 0.3 is 5.97 Å². The second kappa shape index (κ2) is 5.17. The van der Waals surface area contributed by atoms with Gasteiger partial charge in [-0.25, -0.2) is 0 Å². The first-order valence-electron chi connectivity index (χ1n) is 6.36. The van der Waals surface area contributed by atoms with Gasteiger partial charge in [0, 0.05) is 11.6 Å². The van der Waals surface area contributed by atoms with Gasteiger partial charge in [-0.15, -0.1) is 0 Å². The lowest BCUT2D eigenvalue weighted by molar-refractivity contribution is -0.146. The fraction of sp³-hybridized carbons (Fsp3) is 0.923. The smallest absolute Gasteiger partial charge is 0.308 e. The van der Waals surface area contributed by atoms with Gasteiger partial charge in [0.1, 0.15) is 0 Å². The molecule has 0 aromatic carbocycles. The first-order valence-corrected chi connectivity index (χ1v) is 6.36. The van der Waals surface area contributed by atoms with Crippen molar-refractivity contribution in [1.29, 1.82) is 0 Å². The van der Waals surface area contributed by atoms with E-state index in [1.54, 1.807) is 0 Å². The Kier molecular flexibility index (Phi) is 4.36. The minimum Gasteiger partial charge on any atom is -0.481 e. The fourth-order valence-corrected chi connectivity index (χ4v) is 2.56. The Morgan fingerprint density at radius 3 is 2.44 bits per heavy atom. The Morgan fingerprint density at radius 1 is 1.38 bits per heavy atom. The molecule has 0 radical (unpaired) electrons. The van der Waals surface area contributed by atoms with Crippen LogP contribution in [0, 0.1) is 5.92 Å². The van der Waals surface area contributed by atoms with Crippen LogP contribution in [-0.4, -0.2) is 34.6 Å². The largest absolute Gasteiger partial charge is 0.481 e. The van der Waals surface area contributed by atoms with E-state index in [1.165, 1.54) is 6.42 Å². The molecule has 0 aliphatic heterocycles. The molecule has 3 heteroatoms. The van der Waals surface area contributed by atoms with Crippen LogP contribution in [0.25, 0.3) is 0 Å². The first kappa shape index (κ1) is 13.5. The van der Waals surface area contributed by atoms with E-state index in [1.807, 2.05) is 0 Å². The van der Waals surface area contributed by atoms with Gasteiger partial charge in [0.15, 0.2) is 0 Å². The molecule has 1 aliphatic rings. The molecular formula is C13H25NO2. The molecule has 1 N–H and O–H groups in total. The van der Waals surface area contributed by atoms with Gasteiger partial charge in [-0.2, -0.15) is 0 Å². The third-order valence-corrected chi connectivity index (χ3v) is 4.36. The molecule has 94 valence electrons. The van der Waals surface area contributed by atoms with Crippen LogP contribution >= 0.6 is 0 Å². The Bertz CT molecular complexity index is 250. The van der Waals surface area contributed by atoms with Crippen molar-refractivity contribution in [3.63, 3.8) is 0 Å². The molecular weight excluding hydrogens is 202 g/mol. The van der Waals surface area contributed by atoms with Crippen molar-refractivity contribution in [2.75, 3.05) is 7.05 Å². The topological polar surface area (TPSA) is 40.5 Å². The van der Waals surface area contributed by atoms with E-state index in [4.69, 9.17) is 0 Å². The molecule has 2 atom stereocenters. The molecule has 0 saturated heterocycles. The van der Waals surface area contributed by atoms with Crippen LogP contribution in [0.1, 0.15) is 52.9 Å². The summed E-state index contributed by atoms with van der Waals surface area (Å²) in [7, 11) is 2.08. The molecule has 0 amide bonds. The van der Waals surface area contributed by atoms with E-state index < -0.39 is 5.97 Å². The summed E-state index contributed by atoms with van der Waals surface area (Å²) in [5, 5.41) is 9.27. The molecule has 0 heterocycles. The van der Waals surface area contributed by atoms with Crippen LogP contribution in [-0.2, 0) is 4.79 Å². The van der Waals surface area contributed by atoms with Crippen LogP contribution in [0.4, 0.5) is 0 Å². The molecule has 0 aromatic heterocycles. The van der Waals surface area contributed by atoms with Crippen molar-refractivity contribution in [3.8, 4) is 0 Å². The number of nitrogens with zero attached hydrogens (tertiary/aromatic N) is 1. The molecule has 1 rings (SSSR count). The second-order valence-electron chi connectivity index (χ2n) is 5.57. The maximum absolute atomic E-state index is 11.3. The summed E-state index contributed by atoms with van der Waals surface area (Å²) in [5.41, 5.74) is 0.0930. The third-order valence-electron chi connectivity index (χ3n) is 4.36. The molecule has 0 spiro atoms. The SMILES string of the molecule is CCC(C)(C)N(C)C1CCCCC1C(=O)O. The molecule has 1 aliphatic carbocycles. The number of hydrogen-bond acceptors (Lipinski definition) is 2. The Labute approximate surface area is 98.8 Å². The van der Waals surface area contributed by atoms with Crippen molar-refractivity contribution < 1.29 is 9.90 Å². The van der Waals surface area contributed by atoms with Gasteiger partial charge in [0.2, 0.25) is 0 Å². The van der Waals surface area contributed by atoms with Crippen LogP contribution in [0.5, 0.6) is 0 Å². The summed E-state index contributed by atoms with van der Waals surface area (Å²) in [6, 6.07) is 0.209. The highest BCUT2D eigenvalue weighted by molar-refractivity contribution is 5.71. The summed E-state index contributed by atoms with van der Waals surface area (Å²) < 4.78 is 0. The van der Waals surface area contributed by atoms with Gasteiger partial charge in [0.05, 0.1) is 5.92 Å². The highest BCUT2D eigenvalue weighted by Crippen LogP contribution is 2.32. The predicted octanol–water partition coefficient (Wildman–Crippen LogP) is 2.75. The Morgan fingerprint density at radius 2 is 1.94 bits per heavy atom. The van der Waals surface area contributed by atoms with Gasteiger partial charge in [-0.05, 0) is 40.2 Å². The molecule has 3 nitrogen and oxygen atoms in total. The molecule has 0 bridgehead atoms. The number of carboxylic acid groups (broad SMARTS) is 1. The van der Waals surface area contributed by atoms with Crippen molar-refractivity contribution in [3.05, 3.63) is 0 Å². The lowest BCUT2D eigenvalue weighted by Crippen LogP contribution is -2.52. The van der Waals surface area contributed by atoms with E-state index in [-0.39, 0.29) is 17.5 Å². The molecule has 16 heavy (non-hydrogen) atoms. The van der Waals surface area contributed by atoms with Crippen molar-refractivity contribution in [2.24, 2.45) is 5.92 Å². The number of rotatable bonds is 4. The zero-order valence-electron chi connectivity index (χ0n) is 11.0. The average molecular weight is 227 g/mol. The summed E-state index contributed by atoms with van der Waals surface area (Å²) in [4.78, 5) is 13.5. The average Bonchev–Trinajstić information content (AvgIpc) is 2.28. The van der Waals surface area contributed by atoms with Gasteiger partial charge in [-0.3, -0.25) is 9.69 Å². The van der Waals surface area contributed by atoms with Gasteiger partial charge < -0.3 is 5.11 Å². The van der Waals surface area contributed by atoms with Crippen molar-refractivity contribution >= 4 is 5.97 Å². The summed E-state index contributed by atoms with van der Waals surface area (Å²) >= 11 is 0. The third kappa shape index (κ3) is 2.76. The van der Waals surface area contributed by atoms with E-state index in [0.717, 1.165) is 25.7 Å². The Hall–Kier alpha value is -0.570. The highest BCUT2D eigenvalue weighted by Gasteiger charge is 2.37. The van der Waals surface area contributed by atoms with Crippen LogP contribution in [0.2, 0.25) is 0 Å². The summed E-state index contributed by atoms with van der Waals surface area (Å²) in [6.45, 7) is 6.55. The van der Waals surface area contributed by atoms with Gasteiger partial charge in [-0.1, -0.05) is 19.8 Å². The monoisotopic (exact) mass is 227 g/mol. The lowest BCUT2D eigenvalue weighted by atomic mass is 9.81. The molecule has 0 aromatic rings. The fourth-order valence-electron chi connectivity index (χ4n) is 2.56. The number of aliphatic carboxylic acids is 1. The zero-order chi connectivity index (χ0) is 12.3. The van der Waals surface area contributed by atoms with Crippen molar-refractivity contribution in [2.45, 2.75) is 64.5 Å². The molecule has 2 unspecified atom stereocenters. The molecule has 1 saturated carbocycles. The quantitative estimate of drug-likeness (QED) is 0.803. The first-order chi connectivity index (χ1) is 7.40. The van der Waals surface area contributed by atoms with Crippen LogP contribution in [0.3, 0.4) is 0 Å². The zero-order valence-corrected chi connectivity index (χ0v) is 11.0.